The SMILES string of the molecule is O=C(CCNc1nc(-c2cccc(Br)c2)nc2ccccc12)Nc1ccccc1F. The summed E-state index contributed by atoms with van der Waals surface area (Å²) in [6.45, 7) is 0.346. The van der Waals surface area contributed by atoms with E-state index in [4.69, 9.17) is 0 Å². The summed E-state index contributed by atoms with van der Waals surface area (Å²) >= 11 is 3.48. The van der Waals surface area contributed by atoms with Crippen LogP contribution in [0.5, 0.6) is 0 Å². The first kappa shape index (κ1) is 20.0. The van der Waals surface area contributed by atoms with E-state index in [0.717, 1.165) is 20.9 Å². The van der Waals surface area contributed by atoms with Crippen LogP contribution in [0.15, 0.2) is 77.3 Å². The molecule has 0 fully saturated rings. The minimum atomic E-state index is -0.459. The van der Waals surface area contributed by atoms with Crippen molar-refractivity contribution in [2.75, 3.05) is 17.2 Å². The number of halogens is 2. The van der Waals surface area contributed by atoms with Gasteiger partial charge in [-0.15, -0.1) is 0 Å². The van der Waals surface area contributed by atoms with Gasteiger partial charge in [0.1, 0.15) is 11.6 Å². The highest BCUT2D eigenvalue weighted by Gasteiger charge is 2.11. The summed E-state index contributed by atoms with van der Waals surface area (Å²) in [5.74, 6) is 0.500. The van der Waals surface area contributed by atoms with Gasteiger partial charge in [-0.1, -0.05) is 52.3 Å². The van der Waals surface area contributed by atoms with Crippen LogP contribution in [-0.4, -0.2) is 22.4 Å². The number of hydrogen-bond acceptors (Lipinski definition) is 4. The second-order valence-corrected chi connectivity index (χ2v) is 7.54. The molecule has 0 atom stereocenters. The predicted octanol–water partition coefficient (Wildman–Crippen LogP) is 5.64. The molecule has 0 aliphatic carbocycles. The third-order valence-corrected chi connectivity index (χ3v) is 4.97. The Hall–Kier alpha value is -3.32. The van der Waals surface area contributed by atoms with Gasteiger partial charge in [0.2, 0.25) is 5.91 Å². The molecule has 0 bridgehead atoms. The maximum Gasteiger partial charge on any atom is 0.226 e. The molecule has 0 aliphatic heterocycles. The van der Waals surface area contributed by atoms with Crippen molar-refractivity contribution in [1.29, 1.82) is 0 Å². The van der Waals surface area contributed by atoms with Crippen molar-refractivity contribution in [3.05, 3.63) is 83.1 Å². The Morgan fingerprint density at radius 2 is 1.77 bits per heavy atom. The molecule has 7 heteroatoms. The van der Waals surface area contributed by atoms with Crippen molar-refractivity contribution in [2.45, 2.75) is 6.42 Å². The van der Waals surface area contributed by atoms with Crippen LogP contribution in [0.25, 0.3) is 22.3 Å². The second kappa shape index (κ2) is 9.00. The van der Waals surface area contributed by atoms with Gasteiger partial charge in [0.05, 0.1) is 11.2 Å². The number of para-hydroxylation sites is 2. The van der Waals surface area contributed by atoms with Gasteiger partial charge in [-0.05, 0) is 36.4 Å². The topological polar surface area (TPSA) is 66.9 Å². The number of benzene rings is 3. The molecule has 5 nitrogen and oxygen atoms in total. The molecule has 0 unspecified atom stereocenters. The lowest BCUT2D eigenvalue weighted by molar-refractivity contribution is -0.116. The van der Waals surface area contributed by atoms with E-state index in [9.17, 15) is 9.18 Å². The fourth-order valence-corrected chi connectivity index (χ4v) is 3.44. The molecule has 0 radical (unpaired) electrons. The maximum absolute atomic E-state index is 13.7. The molecule has 1 amide bonds. The largest absolute Gasteiger partial charge is 0.369 e. The van der Waals surface area contributed by atoms with Gasteiger partial charge >= 0.3 is 0 Å². The van der Waals surface area contributed by atoms with Crippen LogP contribution in [0, 0.1) is 5.82 Å². The van der Waals surface area contributed by atoms with Gasteiger partial charge < -0.3 is 10.6 Å². The molecular weight excluding hydrogens is 447 g/mol. The molecule has 30 heavy (non-hydrogen) atoms. The van der Waals surface area contributed by atoms with Crippen molar-refractivity contribution in [1.82, 2.24) is 9.97 Å². The molecular formula is C23H18BrFN4O. The summed E-state index contributed by atoms with van der Waals surface area (Å²) in [4.78, 5) is 21.5. The van der Waals surface area contributed by atoms with Crippen LogP contribution in [0.2, 0.25) is 0 Å². The average molecular weight is 465 g/mol. The maximum atomic E-state index is 13.7. The highest BCUT2D eigenvalue weighted by Crippen LogP contribution is 2.26. The van der Waals surface area contributed by atoms with E-state index in [0.29, 0.717) is 18.2 Å². The lowest BCUT2D eigenvalue weighted by Crippen LogP contribution is -2.17. The fourth-order valence-electron chi connectivity index (χ4n) is 3.04. The lowest BCUT2D eigenvalue weighted by Gasteiger charge is -2.11. The molecule has 150 valence electrons. The molecule has 1 heterocycles. The normalized spacial score (nSPS) is 10.7. The van der Waals surface area contributed by atoms with Crippen molar-refractivity contribution in [2.24, 2.45) is 0 Å². The number of hydrogen-bond donors (Lipinski definition) is 2. The Kier molecular flexibility index (Phi) is 5.99. The van der Waals surface area contributed by atoms with Gasteiger partial charge in [-0.2, -0.15) is 0 Å². The third-order valence-electron chi connectivity index (χ3n) is 4.48. The van der Waals surface area contributed by atoms with Crippen LogP contribution in [-0.2, 0) is 4.79 Å². The monoisotopic (exact) mass is 464 g/mol. The van der Waals surface area contributed by atoms with Gasteiger partial charge in [-0.25, -0.2) is 14.4 Å². The van der Waals surface area contributed by atoms with Crippen molar-refractivity contribution < 1.29 is 9.18 Å². The number of carbonyl (C=O) groups is 1. The number of anilines is 2. The number of rotatable bonds is 6. The Labute approximate surface area is 181 Å². The van der Waals surface area contributed by atoms with Gasteiger partial charge in [0, 0.05) is 28.4 Å². The summed E-state index contributed by atoms with van der Waals surface area (Å²) in [6, 6.07) is 21.6. The minimum Gasteiger partial charge on any atom is -0.369 e. The van der Waals surface area contributed by atoms with E-state index in [-0.39, 0.29) is 18.0 Å². The van der Waals surface area contributed by atoms with Gasteiger partial charge in [-0.3, -0.25) is 4.79 Å². The molecule has 1 aromatic heterocycles. The fraction of sp³-hybridized carbons (Fsp3) is 0.0870. The van der Waals surface area contributed by atoms with E-state index in [1.807, 2.05) is 48.5 Å². The van der Waals surface area contributed by atoms with E-state index in [1.54, 1.807) is 12.1 Å². The number of aromatic nitrogens is 2. The Morgan fingerprint density at radius 3 is 2.60 bits per heavy atom. The zero-order valence-electron chi connectivity index (χ0n) is 15.9. The summed E-state index contributed by atoms with van der Waals surface area (Å²) in [7, 11) is 0. The van der Waals surface area contributed by atoms with Gasteiger partial charge in [0.25, 0.3) is 0 Å². The number of amides is 1. The van der Waals surface area contributed by atoms with Crippen LogP contribution >= 0.6 is 15.9 Å². The highest BCUT2D eigenvalue weighted by atomic mass is 79.9. The quantitative estimate of drug-likeness (QED) is 0.387. The van der Waals surface area contributed by atoms with E-state index >= 15 is 0 Å². The zero-order chi connectivity index (χ0) is 20.9. The standard InChI is InChI=1S/C23H18BrFN4O/c24-16-7-5-6-15(14-16)22-28-19-10-3-1-8-17(19)23(29-22)26-13-12-21(30)27-20-11-4-2-9-18(20)25/h1-11,14H,12-13H2,(H,27,30)(H,26,28,29). The Morgan fingerprint density at radius 1 is 0.967 bits per heavy atom. The molecule has 4 rings (SSSR count). The number of nitrogens with zero attached hydrogens (tertiary/aromatic N) is 2. The molecule has 3 aromatic carbocycles. The van der Waals surface area contributed by atoms with Crippen LogP contribution in [0.1, 0.15) is 6.42 Å². The smallest absolute Gasteiger partial charge is 0.226 e. The van der Waals surface area contributed by atoms with Crippen LogP contribution in [0.3, 0.4) is 0 Å². The summed E-state index contributed by atoms with van der Waals surface area (Å²) in [5.41, 5.74) is 1.86. The first-order chi connectivity index (χ1) is 14.6. The average Bonchev–Trinajstić information content (AvgIpc) is 2.75. The molecule has 2 N–H and O–H groups in total. The molecule has 0 saturated heterocycles. The van der Waals surface area contributed by atoms with Crippen molar-refractivity contribution in [3.8, 4) is 11.4 Å². The predicted molar refractivity (Wildman–Crippen MR) is 121 cm³/mol. The molecule has 0 spiro atoms. The highest BCUT2D eigenvalue weighted by molar-refractivity contribution is 9.10. The molecule has 0 aliphatic rings. The summed E-state index contributed by atoms with van der Waals surface area (Å²) < 4.78 is 14.6. The van der Waals surface area contributed by atoms with Crippen molar-refractivity contribution in [3.63, 3.8) is 0 Å². The van der Waals surface area contributed by atoms with E-state index < -0.39 is 5.82 Å². The lowest BCUT2D eigenvalue weighted by atomic mass is 10.2. The molecule has 0 saturated carbocycles. The van der Waals surface area contributed by atoms with Gasteiger partial charge in [0.15, 0.2) is 5.82 Å². The number of fused-ring (bicyclic) bond motifs is 1. The summed E-state index contributed by atoms with van der Waals surface area (Å²) in [5, 5.41) is 6.68. The Bertz CT molecular complexity index is 1210. The first-order valence-corrected chi connectivity index (χ1v) is 10.2. The zero-order valence-corrected chi connectivity index (χ0v) is 17.5. The third kappa shape index (κ3) is 4.63. The number of carbonyl (C=O) groups excluding carboxylic acids is 1. The Balaban J connectivity index is 1.52. The summed E-state index contributed by atoms with van der Waals surface area (Å²) in [6.07, 6.45) is 0.166. The molecule has 4 aromatic rings. The number of nitrogens with one attached hydrogen (secondary N) is 2. The van der Waals surface area contributed by atoms with Crippen LogP contribution in [0.4, 0.5) is 15.9 Å². The van der Waals surface area contributed by atoms with E-state index in [1.165, 1.54) is 12.1 Å². The van der Waals surface area contributed by atoms with Crippen molar-refractivity contribution >= 4 is 44.2 Å². The van der Waals surface area contributed by atoms with Crippen LogP contribution < -0.4 is 10.6 Å². The second-order valence-electron chi connectivity index (χ2n) is 6.63. The van der Waals surface area contributed by atoms with E-state index in [2.05, 4.69) is 36.5 Å². The minimum absolute atomic E-state index is 0.166. The first-order valence-electron chi connectivity index (χ1n) is 9.41.